The molecule has 3 heteroatoms. The molecule has 0 aliphatic carbocycles. The van der Waals surface area contributed by atoms with Crippen LogP contribution in [-0.2, 0) is 9.53 Å². The number of unbranched alkanes of at least 4 members (excludes halogenated alkanes) is 4. The molecule has 1 unspecified atom stereocenters. The second-order valence-corrected chi connectivity index (χ2v) is 7.40. The lowest BCUT2D eigenvalue weighted by atomic mass is 9.85. The van der Waals surface area contributed by atoms with Gasteiger partial charge >= 0.3 is 5.97 Å². The minimum atomic E-state index is -0.263. The van der Waals surface area contributed by atoms with Crippen molar-refractivity contribution in [2.45, 2.75) is 72.3 Å². The fourth-order valence-corrected chi connectivity index (χ4v) is 2.19. The van der Waals surface area contributed by atoms with Crippen LogP contribution >= 0.6 is 0 Å². The molecule has 1 atom stereocenters. The van der Waals surface area contributed by atoms with Crippen LogP contribution in [0.4, 0.5) is 0 Å². The van der Waals surface area contributed by atoms with Crippen LogP contribution in [0, 0.1) is 5.41 Å². The highest BCUT2D eigenvalue weighted by Gasteiger charge is 2.27. The normalized spacial score (nSPS) is 13.3. The maximum absolute atomic E-state index is 11.7. The van der Waals surface area contributed by atoms with Crippen molar-refractivity contribution in [3.8, 4) is 0 Å². The topological polar surface area (TPSA) is 29.5 Å². The number of hydrogen-bond donors (Lipinski definition) is 0. The lowest BCUT2D eigenvalue weighted by Crippen LogP contribution is -2.31. The van der Waals surface area contributed by atoms with Crippen molar-refractivity contribution in [3.63, 3.8) is 0 Å². The molecule has 3 nitrogen and oxygen atoms in total. The summed E-state index contributed by atoms with van der Waals surface area (Å²) in [6.45, 7) is 12.9. The summed E-state index contributed by atoms with van der Waals surface area (Å²) in [5.41, 5.74) is 0.462. The molecule has 0 rings (SSSR count). The lowest BCUT2D eigenvalue weighted by molar-refractivity contribution is -0.150. The molecular formula is C18H35NO2. The third-order valence-corrected chi connectivity index (χ3v) is 3.64. The zero-order valence-electron chi connectivity index (χ0n) is 15.0. The van der Waals surface area contributed by atoms with Crippen LogP contribution in [0.15, 0.2) is 12.2 Å². The molecule has 0 spiro atoms. The number of nitrogens with zero attached hydrogens (tertiary/aromatic N) is 1. The number of hydrogen-bond acceptors (Lipinski definition) is 3. The predicted octanol–water partition coefficient (Wildman–Crippen LogP) is 4.42. The van der Waals surface area contributed by atoms with Gasteiger partial charge in [0.25, 0.3) is 0 Å². The van der Waals surface area contributed by atoms with Crippen molar-refractivity contribution in [3.05, 3.63) is 12.2 Å². The zero-order valence-corrected chi connectivity index (χ0v) is 15.0. The Labute approximate surface area is 131 Å². The monoisotopic (exact) mass is 297 g/mol. The minimum absolute atomic E-state index is 0.0178. The summed E-state index contributed by atoms with van der Waals surface area (Å²) in [4.78, 5) is 13.9. The molecule has 0 aliphatic heterocycles. The van der Waals surface area contributed by atoms with Crippen molar-refractivity contribution in [1.82, 2.24) is 4.90 Å². The average Bonchev–Trinajstić information content (AvgIpc) is 2.34. The van der Waals surface area contributed by atoms with E-state index in [-0.39, 0.29) is 17.5 Å². The number of rotatable bonds is 10. The van der Waals surface area contributed by atoms with E-state index < -0.39 is 0 Å². The van der Waals surface area contributed by atoms with Crippen molar-refractivity contribution in [2.24, 2.45) is 5.41 Å². The number of carbonyl (C=O) groups is 1. The molecule has 0 radical (unpaired) electrons. The fraction of sp³-hybridized carbons (Fsp3) is 0.833. The van der Waals surface area contributed by atoms with Gasteiger partial charge in [-0.25, -0.2) is 4.79 Å². The quantitative estimate of drug-likeness (QED) is 0.339. The Morgan fingerprint density at radius 3 is 2.10 bits per heavy atom. The van der Waals surface area contributed by atoms with E-state index >= 15 is 0 Å². The second-order valence-electron chi connectivity index (χ2n) is 7.40. The van der Waals surface area contributed by atoms with Gasteiger partial charge in [0.1, 0.15) is 6.10 Å². The smallest absolute Gasteiger partial charge is 0.333 e. The van der Waals surface area contributed by atoms with Crippen LogP contribution in [0.2, 0.25) is 0 Å². The average molecular weight is 297 g/mol. The molecule has 21 heavy (non-hydrogen) atoms. The molecule has 0 saturated carbocycles. The largest absolute Gasteiger partial charge is 0.458 e. The van der Waals surface area contributed by atoms with Crippen LogP contribution < -0.4 is 0 Å². The summed E-state index contributed by atoms with van der Waals surface area (Å²) >= 11 is 0. The van der Waals surface area contributed by atoms with Crippen LogP contribution in [0.1, 0.15) is 66.2 Å². The molecule has 0 amide bonds. The molecule has 0 N–H and O–H groups in total. The molecule has 0 heterocycles. The van der Waals surface area contributed by atoms with E-state index in [9.17, 15) is 4.79 Å². The molecule has 0 fully saturated rings. The highest BCUT2D eigenvalue weighted by atomic mass is 16.5. The Morgan fingerprint density at radius 1 is 1.10 bits per heavy atom. The number of ether oxygens (including phenoxy) is 1. The summed E-state index contributed by atoms with van der Waals surface area (Å²) in [6.07, 6.45) is 7.06. The van der Waals surface area contributed by atoms with Gasteiger partial charge in [0.05, 0.1) is 0 Å². The minimum Gasteiger partial charge on any atom is -0.458 e. The van der Waals surface area contributed by atoms with Gasteiger partial charge in [0.2, 0.25) is 0 Å². The number of esters is 1. The van der Waals surface area contributed by atoms with E-state index in [1.165, 1.54) is 32.2 Å². The van der Waals surface area contributed by atoms with Gasteiger partial charge in [-0.3, -0.25) is 0 Å². The Kier molecular flexibility index (Phi) is 9.60. The molecule has 0 aliphatic rings. The molecule has 124 valence electrons. The first-order valence-corrected chi connectivity index (χ1v) is 8.16. The van der Waals surface area contributed by atoms with E-state index in [4.69, 9.17) is 4.74 Å². The van der Waals surface area contributed by atoms with Gasteiger partial charge < -0.3 is 9.64 Å². The molecular weight excluding hydrogens is 262 g/mol. The summed E-state index contributed by atoms with van der Waals surface area (Å²) in [7, 11) is 4.23. The van der Waals surface area contributed by atoms with E-state index in [2.05, 4.69) is 46.3 Å². The molecule has 0 saturated heterocycles. The van der Waals surface area contributed by atoms with Gasteiger partial charge in [-0.05, 0) is 52.2 Å². The van der Waals surface area contributed by atoms with Gasteiger partial charge in [-0.1, -0.05) is 46.6 Å². The number of carbonyl (C=O) groups excluding carboxylic acids is 1. The zero-order chi connectivity index (χ0) is 16.5. The Hall–Kier alpha value is -0.830. The third kappa shape index (κ3) is 10.5. The summed E-state index contributed by atoms with van der Waals surface area (Å²) in [5.74, 6) is -0.263. The summed E-state index contributed by atoms with van der Waals surface area (Å²) in [6, 6.07) is 0. The van der Waals surface area contributed by atoms with Gasteiger partial charge in [-0.15, -0.1) is 0 Å². The van der Waals surface area contributed by atoms with Crippen LogP contribution in [0.5, 0.6) is 0 Å². The van der Waals surface area contributed by atoms with E-state index in [1.807, 2.05) is 0 Å². The van der Waals surface area contributed by atoms with E-state index in [1.54, 1.807) is 6.92 Å². The first kappa shape index (κ1) is 20.2. The summed E-state index contributed by atoms with van der Waals surface area (Å²) in [5, 5.41) is 0. The van der Waals surface area contributed by atoms with E-state index in [0.29, 0.717) is 5.57 Å². The predicted molar refractivity (Wildman–Crippen MR) is 90.4 cm³/mol. The standard InChI is InChI=1S/C18H35NO2/c1-15(2)17(20)21-16(18(3,4)5)13-11-9-8-10-12-14-19(6)7/h16H,1,8-14H2,2-7H3. The third-order valence-electron chi connectivity index (χ3n) is 3.64. The van der Waals surface area contributed by atoms with Crippen molar-refractivity contribution in [1.29, 1.82) is 0 Å². The highest BCUT2D eigenvalue weighted by Crippen LogP contribution is 2.27. The van der Waals surface area contributed by atoms with Crippen LogP contribution in [0.3, 0.4) is 0 Å². The molecule has 0 aromatic rings. The first-order chi connectivity index (χ1) is 9.64. The SMILES string of the molecule is C=C(C)C(=O)OC(CCCCCCCN(C)C)C(C)(C)C. The Balaban J connectivity index is 3.98. The van der Waals surface area contributed by atoms with Crippen LogP contribution in [-0.4, -0.2) is 37.6 Å². The second kappa shape index (κ2) is 9.99. The van der Waals surface area contributed by atoms with Crippen molar-refractivity contribution >= 4 is 5.97 Å². The molecule has 0 bridgehead atoms. The highest BCUT2D eigenvalue weighted by molar-refractivity contribution is 5.87. The maximum Gasteiger partial charge on any atom is 0.333 e. The van der Waals surface area contributed by atoms with Crippen molar-refractivity contribution < 1.29 is 9.53 Å². The molecule has 0 aromatic heterocycles. The Morgan fingerprint density at radius 2 is 1.62 bits per heavy atom. The summed E-state index contributed by atoms with van der Waals surface area (Å²) < 4.78 is 5.59. The van der Waals surface area contributed by atoms with E-state index in [0.717, 1.165) is 12.8 Å². The molecule has 0 aromatic carbocycles. The Bertz CT molecular complexity index is 316. The van der Waals surface area contributed by atoms with Crippen molar-refractivity contribution in [2.75, 3.05) is 20.6 Å². The first-order valence-electron chi connectivity index (χ1n) is 8.16. The lowest BCUT2D eigenvalue weighted by Gasteiger charge is -2.30. The van der Waals surface area contributed by atoms with Gasteiger partial charge in [0, 0.05) is 5.57 Å². The van der Waals surface area contributed by atoms with Gasteiger partial charge in [0.15, 0.2) is 0 Å². The van der Waals surface area contributed by atoms with Gasteiger partial charge in [-0.2, -0.15) is 0 Å². The maximum atomic E-state index is 11.7. The van der Waals surface area contributed by atoms with Crippen LogP contribution in [0.25, 0.3) is 0 Å². The fourth-order valence-electron chi connectivity index (χ4n) is 2.19.